The molecule has 3 atom stereocenters. The molecule has 0 radical (unpaired) electrons. The SMILES string of the molecule is COc1ccc(NC(=O)COc2ccc(Cl)cc2[C@H]2c3sc(=O)[nH]c3SC3C(=O)N(CC(=O)O)C(=O)C32)cc1. The Labute approximate surface area is 234 Å². The van der Waals surface area contributed by atoms with Gasteiger partial charge in [-0.3, -0.25) is 28.9 Å². The van der Waals surface area contributed by atoms with Crippen LogP contribution in [-0.2, 0) is 19.2 Å². The van der Waals surface area contributed by atoms with Gasteiger partial charge >= 0.3 is 10.8 Å². The Bertz CT molecular complexity index is 1540. The number of aliphatic carboxylic acids is 1. The molecule has 0 saturated carbocycles. The molecule has 5 rings (SSSR count). The van der Waals surface area contributed by atoms with Crippen LogP contribution in [0.5, 0.6) is 11.5 Å². The number of methoxy groups -OCH3 is 1. The maximum atomic E-state index is 13.4. The van der Waals surface area contributed by atoms with Crippen LogP contribution >= 0.6 is 34.7 Å². The summed E-state index contributed by atoms with van der Waals surface area (Å²) in [5, 5.41) is 11.7. The van der Waals surface area contributed by atoms with Gasteiger partial charge in [0.05, 0.1) is 18.1 Å². The van der Waals surface area contributed by atoms with Crippen molar-refractivity contribution in [2.75, 3.05) is 25.6 Å². The van der Waals surface area contributed by atoms with Crippen LogP contribution in [0.3, 0.4) is 0 Å². The molecule has 39 heavy (non-hydrogen) atoms. The third-order valence-electron chi connectivity index (χ3n) is 6.25. The van der Waals surface area contributed by atoms with Gasteiger partial charge in [0.15, 0.2) is 6.61 Å². The minimum absolute atomic E-state index is 0.226. The molecule has 3 amide bonds. The molecule has 14 heteroatoms. The normalized spacial score (nSPS) is 19.8. The highest BCUT2D eigenvalue weighted by Crippen LogP contribution is 2.54. The van der Waals surface area contributed by atoms with Crippen LogP contribution in [0.4, 0.5) is 5.69 Å². The van der Waals surface area contributed by atoms with Crippen molar-refractivity contribution >= 4 is 64.1 Å². The lowest BCUT2D eigenvalue weighted by atomic mass is 9.82. The van der Waals surface area contributed by atoms with E-state index >= 15 is 0 Å². The summed E-state index contributed by atoms with van der Waals surface area (Å²) in [7, 11) is 1.53. The third-order valence-corrected chi connectivity index (χ3v) is 8.88. The molecule has 1 fully saturated rings. The Kier molecular flexibility index (Phi) is 7.38. The summed E-state index contributed by atoms with van der Waals surface area (Å²) in [6.45, 7) is -1.16. The lowest BCUT2D eigenvalue weighted by Gasteiger charge is -2.31. The largest absolute Gasteiger partial charge is 0.497 e. The fourth-order valence-electron chi connectivity index (χ4n) is 4.61. The average molecular weight is 590 g/mol. The van der Waals surface area contributed by atoms with E-state index in [1.54, 1.807) is 42.5 Å². The van der Waals surface area contributed by atoms with E-state index in [4.69, 9.17) is 21.1 Å². The minimum atomic E-state index is -1.32. The van der Waals surface area contributed by atoms with Crippen molar-refractivity contribution in [1.82, 2.24) is 9.88 Å². The lowest BCUT2D eigenvalue weighted by molar-refractivity contribution is -0.149. The van der Waals surface area contributed by atoms with E-state index in [9.17, 15) is 29.1 Å². The molecule has 2 unspecified atom stereocenters. The van der Waals surface area contributed by atoms with Crippen LogP contribution in [-0.4, -0.2) is 64.2 Å². The van der Waals surface area contributed by atoms with E-state index in [0.29, 0.717) is 31.9 Å². The van der Waals surface area contributed by atoms with Gasteiger partial charge in [-0.15, -0.1) is 0 Å². The second-order valence-electron chi connectivity index (χ2n) is 8.65. The molecule has 11 nitrogen and oxygen atoms in total. The zero-order chi connectivity index (χ0) is 27.8. The Morgan fingerprint density at radius 2 is 1.87 bits per heavy atom. The number of anilines is 1. The van der Waals surface area contributed by atoms with Crippen LogP contribution in [0, 0.1) is 5.92 Å². The second-order valence-corrected chi connectivity index (χ2v) is 11.3. The molecular formula is C25H20ClN3O8S2. The number of carboxylic acids is 1. The van der Waals surface area contributed by atoms with Crippen LogP contribution in [0.15, 0.2) is 52.3 Å². The maximum Gasteiger partial charge on any atom is 0.323 e. The number of halogens is 1. The lowest BCUT2D eigenvalue weighted by Crippen LogP contribution is -2.36. The molecule has 0 aliphatic carbocycles. The molecule has 0 bridgehead atoms. The van der Waals surface area contributed by atoms with Gasteiger partial charge in [-0.2, -0.15) is 0 Å². The number of imide groups is 1. The molecule has 2 aromatic carbocycles. The number of fused-ring (bicyclic) bond motifs is 2. The van der Waals surface area contributed by atoms with Gasteiger partial charge in [0.25, 0.3) is 5.91 Å². The third kappa shape index (κ3) is 5.24. The molecule has 3 N–H and O–H groups in total. The number of likely N-dealkylation sites (tertiary alicyclic amines) is 1. The van der Waals surface area contributed by atoms with Gasteiger partial charge in [-0.05, 0) is 42.5 Å². The number of carboxylic acid groups (broad SMARTS) is 1. The Balaban J connectivity index is 1.47. The summed E-state index contributed by atoms with van der Waals surface area (Å²) >= 11 is 8.22. The zero-order valence-corrected chi connectivity index (χ0v) is 22.5. The quantitative estimate of drug-likeness (QED) is 0.336. The van der Waals surface area contributed by atoms with Crippen LogP contribution in [0.25, 0.3) is 0 Å². The number of rotatable bonds is 8. The molecule has 2 aliphatic heterocycles. The summed E-state index contributed by atoms with van der Waals surface area (Å²) in [6.07, 6.45) is 0. The molecule has 2 aliphatic rings. The van der Waals surface area contributed by atoms with E-state index in [0.717, 1.165) is 28.0 Å². The first kappa shape index (κ1) is 26.8. The predicted octanol–water partition coefficient (Wildman–Crippen LogP) is 2.79. The highest BCUT2D eigenvalue weighted by atomic mass is 35.5. The molecule has 3 aromatic rings. The summed E-state index contributed by atoms with van der Waals surface area (Å²) in [4.78, 5) is 66.3. The first-order valence-electron chi connectivity index (χ1n) is 11.5. The summed E-state index contributed by atoms with van der Waals surface area (Å²) in [5.74, 6) is -4.09. The number of carbonyl (C=O) groups is 4. The van der Waals surface area contributed by atoms with E-state index in [1.165, 1.54) is 7.11 Å². The number of amides is 3. The highest BCUT2D eigenvalue weighted by molar-refractivity contribution is 8.00. The molecular weight excluding hydrogens is 570 g/mol. The Morgan fingerprint density at radius 3 is 2.56 bits per heavy atom. The van der Waals surface area contributed by atoms with E-state index in [2.05, 4.69) is 10.3 Å². The average Bonchev–Trinajstić information content (AvgIpc) is 3.38. The van der Waals surface area contributed by atoms with Gasteiger partial charge in [0.1, 0.15) is 23.3 Å². The number of thiazole rings is 1. The standard InChI is InChI=1S/C25H20ClN3O8S2/c1-36-13-5-3-12(4-6-13)27-16(30)10-37-15-7-2-11(26)8-14(15)18-19-21(38-22-20(18)39-25(35)28-22)24(34)29(23(19)33)9-17(31)32/h2-8,18-19,21H,9-10H2,1H3,(H,27,30)(H,28,35)(H,31,32)/t18-,19?,21?/m1/s1. The van der Waals surface area contributed by atoms with Crippen molar-refractivity contribution in [2.45, 2.75) is 16.2 Å². The highest BCUT2D eigenvalue weighted by Gasteiger charge is 2.56. The van der Waals surface area contributed by atoms with Gasteiger partial charge in [-0.25, -0.2) is 0 Å². The maximum absolute atomic E-state index is 13.4. The van der Waals surface area contributed by atoms with Gasteiger partial charge < -0.3 is 24.9 Å². The second kappa shape index (κ2) is 10.8. The van der Waals surface area contributed by atoms with Crippen molar-refractivity contribution in [1.29, 1.82) is 0 Å². The van der Waals surface area contributed by atoms with Crippen LogP contribution in [0.2, 0.25) is 5.02 Å². The van der Waals surface area contributed by atoms with Crippen molar-refractivity contribution < 1.29 is 33.8 Å². The summed E-state index contributed by atoms with van der Waals surface area (Å²) < 4.78 is 11.0. The molecule has 1 saturated heterocycles. The number of ether oxygens (including phenoxy) is 2. The monoisotopic (exact) mass is 589 g/mol. The number of aromatic amines is 1. The predicted molar refractivity (Wildman–Crippen MR) is 143 cm³/mol. The number of benzene rings is 2. The smallest absolute Gasteiger partial charge is 0.323 e. The molecule has 3 heterocycles. The number of carbonyl (C=O) groups excluding carboxylic acids is 3. The molecule has 0 spiro atoms. The van der Waals surface area contributed by atoms with Gasteiger partial charge in [0.2, 0.25) is 11.8 Å². The van der Waals surface area contributed by atoms with Crippen LogP contribution in [0.1, 0.15) is 16.4 Å². The number of nitrogens with zero attached hydrogens (tertiary/aromatic N) is 1. The fraction of sp³-hybridized carbons (Fsp3) is 0.240. The van der Waals surface area contributed by atoms with E-state index in [-0.39, 0.29) is 17.2 Å². The van der Waals surface area contributed by atoms with Crippen molar-refractivity contribution in [2.24, 2.45) is 5.92 Å². The number of aromatic nitrogens is 1. The fourth-order valence-corrected chi connectivity index (χ4v) is 7.32. The van der Waals surface area contributed by atoms with E-state index < -0.39 is 47.3 Å². The van der Waals surface area contributed by atoms with E-state index in [1.807, 2.05) is 0 Å². The van der Waals surface area contributed by atoms with Crippen molar-refractivity contribution in [3.63, 3.8) is 0 Å². The Hall–Kier alpha value is -3.81. The number of thioether (sulfide) groups is 1. The summed E-state index contributed by atoms with van der Waals surface area (Å²) in [5.41, 5.74) is 0.924. The first-order valence-corrected chi connectivity index (χ1v) is 13.6. The van der Waals surface area contributed by atoms with Crippen molar-refractivity contribution in [3.8, 4) is 11.5 Å². The molecule has 1 aromatic heterocycles. The number of H-pyrrole nitrogens is 1. The van der Waals surface area contributed by atoms with Gasteiger partial charge in [-0.1, -0.05) is 34.7 Å². The van der Waals surface area contributed by atoms with Crippen molar-refractivity contribution in [3.05, 3.63) is 67.6 Å². The Morgan fingerprint density at radius 1 is 1.13 bits per heavy atom. The topological polar surface area (TPSA) is 155 Å². The first-order chi connectivity index (χ1) is 18.7. The summed E-state index contributed by atoms with van der Waals surface area (Å²) in [6, 6.07) is 11.4. The minimum Gasteiger partial charge on any atom is -0.497 e. The molecule has 202 valence electrons. The number of hydrogen-bond donors (Lipinski definition) is 3. The number of nitrogens with one attached hydrogen (secondary N) is 2. The van der Waals surface area contributed by atoms with Gasteiger partial charge in [0, 0.05) is 27.1 Å². The van der Waals surface area contributed by atoms with Crippen LogP contribution < -0.4 is 19.7 Å². The number of hydrogen-bond acceptors (Lipinski definition) is 9. The zero-order valence-electron chi connectivity index (χ0n) is 20.1.